The Labute approximate surface area is 176 Å². The van der Waals surface area contributed by atoms with Crippen LogP contribution in [-0.4, -0.2) is 33.5 Å². The van der Waals surface area contributed by atoms with Gasteiger partial charge in [0.1, 0.15) is 0 Å². The van der Waals surface area contributed by atoms with Crippen molar-refractivity contribution in [2.75, 3.05) is 0 Å². The summed E-state index contributed by atoms with van der Waals surface area (Å²) < 4.78 is 0. The molecule has 0 heterocycles. The molecule has 0 aromatic heterocycles. The van der Waals surface area contributed by atoms with E-state index in [-0.39, 0.29) is 23.5 Å². The van der Waals surface area contributed by atoms with Crippen LogP contribution in [0.2, 0.25) is 0 Å². The van der Waals surface area contributed by atoms with E-state index < -0.39 is 5.97 Å². The maximum Gasteiger partial charge on any atom is 0.303 e. The maximum absolute atomic E-state index is 11.1. The summed E-state index contributed by atoms with van der Waals surface area (Å²) in [6, 6.07) is 0. The van der Waals surface area contributed by atoms with E-state index in [1.54, 1.807) is 0 Å². The summed E-state index contributed by atoms with van der Waals surface area (Å²) in [5.74, 6) is 2.89. The van der Waals surface area contributed by atoms with E-state index in [4.69, 9.17) is 5.11 Å². The van der Waals surface area contributed by atoms with Crippen LogP contribution in [0.4, 0.5) is 0 Å². The minimum atomic E-state index is -0.676. The van der Waals surface area contributed by atoms with Gasteiger partial charge in [-0.25, -0.2) is 0 Å². The second kappa shape index (κ2) is 7.82. The second-order valence-electron chi connectivity index (χ2n) is 11.7. The fourth-order valence-corrected chi connectivity index (χ4v) is 9.03. The van der Waals surface area contributed by atoms with Crippen LogP contribution in [0.1, 0.15) is 91.4 Å². The molecule has 10 atom stereocenters. The molecule has 3 N–H and O–H groups in total. The van der Waals surface area contributed by atoms with Gasteiger partial charge in [-0.3, -0.25) is 4.79 Å². The van der Waals surface area contributed by atoms with Gasteiger partial charge in [0.2, 0.25) is 0 Å². The Morgan fingerprint density at radius 3 is 2.38 bits per heavy atom. The molecule has 4 heteroatoms. The molecule has 4 aliphatic carbocycles. The lowest BCUT2D eigenvalue weighted by atomic mass is 9.44. The molecule has 166 valence electrons. The summed E-state index contributed by atoms with van der Waals surface area (Å²) in [6.07, 6.45) is 10.4. The molecule has 0 spiro atoms. The first-order valence-electron chi connectivity index (χ1n) is 12.2. The Morgan fingerprint density at radius 2 is 1.66 bits per heavy atom. The molecular formula is C25H42O4. The number of carboxylic acids is 1. The summed E-state index contributed by atoms with van der Waals surface area (Å²) in [7, 11) is 0. The molecule has 0 aromatic rings. The Kier molecular flexibility index (Phi) is 5.83. The van der Waals surface area contributed by atoms with Crippen molar-refractivity contribution in [3.63, 3.8) is 0 Å². The van der Waals surface area contributed by atoms with E-state index in [0.717, 1.165) is 38.5 Å². The van der Waals surface area contributed by atoms with Crippen LogP contribution in [-0.2, 0) is 4.79 Å². The van der Waals surface area contributed by atoms with E-state index >= 15 is 0 Å². The van der Waals surface area contributed by atoms with Gasteiger partial charge in [-0.15, -0.1) is 0 Å². The van der Waals surface area contributed by atoms with Crippen molar-refractivity contribution in [2.24, 2.45) is 46.3 Å². The fraction of sp³-hybridized carbons (Fsp3) is 0.960. The summed E-state index contributed by atoms with van der Waals surface area (Å²) in [6.45, 7) is 7.29. The molecule has 4 saturated carbocycles. The Morgan fingerprint density at radius 1 is 0.966 bits per heavy atom. The van der Waals surface area contributed by atoms with E-state index in [1.165, 1.54) is 25.7 Å². The van der Waals surface area contributed by atoms with Crippen LogP contribution in [0, 0.1) is 46.3 Å². The van der Waals surface area contributed by atoms with Crippen molar-refractivity contribution in [1.82, 2.24) is 0 Å². The standard InChI is InChI=1S/C25H42O4/c1-15(5-4-6-23(28)29)18-7-8-19-17-14-22(27)21-13-16(26)9-11-25(21,3)20(17)10-12-24(18,19)2/h15-22,26-27H,4-14H2,1-3H3,(H,28,29)/t15-,16-,17+,18-,19+,20+,21+,22+,24-,25-/m1/s1. The van der Waals surface area contributed by atoms with Gasteiger partial charge < -0.3 is 15.3 Å². The van der Waals surface area contributed by atoms with Crippen molar-refractivity contribution < 1.29 is 20.1 Å². The smallest absolute Gasteiger partial charge is 0.303 e. The predicted molar refractivity (Wildman–Crippen MR) is 113 cm³/mol. The fourth-order valence-electron chi connectivity index (χ4n) is 9.03. The number of hydrogen-bond acceptors (Lipinski definition) is 3. The minimum Gasteiger partial charge on any atom is -0.481 e. The molecule has 29 heavy (non-hydrogen) atoms. The van der Waals surface area contributed by atoms with E-state index in [1.807, 2.05) is 0 Å². The SMILES string of the molecule is C[C@H](CCCC(=O)O)[C@H]1CC[C@H]2[C@@H]3C[C@H](O)[C@@H]4C[C@H](O)CC[C@]4(C)[C@H]3CC[C@]12C. The highest BCUT2D eigenvalue weighted by Gasteiger charge is 2.62. The zero-order valence-corrected chi connectivity index (χ0v) is 18.6. The average Bonchev–Trinajstić information content (AvgIpc) is 3.00. The van der Waals surface area contributed by atoms with Crippen LogP contribution in [0.25, 0.3) is 0 Å². The van der Waals surface area contributed by atoms with Crippen molar-refractivity contribution in [3.05, 3.63) is 0 Å². The summed E-state index contributed by atoms with van der Waals surface area (Å²) in [5.41, 5.74) is 0.537. The number of rotatable bonds is 5. The number of fused-ring (bicyclic) bond motifs is 5. The third kappa shape index (κ3) is 3.56. The predicted octanol–water partition coefficient (Wildman–Crippen LogP) is 4.87. The third-order valence-corrected chi connectivity index (χ3v) is 10.5. The van der Waals surface area contributed by atoms with Crippen molar-refractivity contribution in [3.8, 4) is 0 Å². The highest BCUT2D eigenvalue weighted by Crippen LogP contribution is 2.68. The molecule has 4 nitrogen and oxygen atoms in total. The topological polar surface area (TPSA) is 77.8 Å². The number of carboxylic acid groups (broad SMARTS) is 1. The first-order valence-corrected chi connectivity index (χ1v) is 12.2. The van der Waals surface area contributed by atoms with Crippen LogP contribution in [0.5, 0.6) is 0 Å². The molecule has 0 bridgehead atoms. The molecule has 0 aromatic carbocycles. The lowest BCUT2D eigenvalue weighted by molar-refractivity contribution is -0.172. The lowest BCUT2D eigenvalue weighted by Gasteiger charge is -2.62. The summed E-state index contributed by atoms with van der Waals surface area (Å²) >= 11 is 0. The quantitative estimate of drug-likeness (QED) is 0.609. The second-order valence-corrected chi connectivity index (χ2v) is 11.7. The van der Waals surface area contributed by atoms with Crippen LogP contribution < -0.4 is 0 Å². The van der Waals surface area contributed by atoms with Crippen LogP contribution in [0.3, 0.4) is 0 Å². The third-order valence-electron chi connectivity index (χ3n) is 10.5. The van der Waals surface area contributed by atoms with Gasteiger partial charge >= 0.3 is 5.97 Å². The summed E-state index contributed by atoms with van der Waals surface area (Å²) in [5, 5.41) is 30.3. The van der Waals surface area contributed by atoms with Crippen LogP contribution >= 0.6 is 0 Å². The number of hydrogen-bond donors (Lipinski definition) is 3. The number of aliphatic carboxylic acids is 1. The lowest BCUT2D eigenvalue weighted by Crippen LogP contribution is -2.58. The number of carbonyl (C=O) groups is 1. The monoisotopic (exact) mass is 406 g/mol. The van der Waals surface area contributed by atoms with Crippen molar-refractivity contribution >= 4 is 5.97 Å². The Bertz CT molecular complexity index is 620. The normalized spacial score (nSPS) is 50.3. The zero-order chi connectivity index (χ0) is 21.0. The number of aliphatic hydroxyl groups is 2. The maximum atomic E-state index is 11.1. The first-order chi connectivity index (χ1) is 13.7. The Hall–Kier alpha value is -0.610. The number of aliphatic hydroxyl groups excluding tert-OH is 2. The van der Waals surface area contributed by atoms with Crippen molar-refractivity contribution in [1.29, 1.82) is 0 Å². The molecule has 4 aliphatic rings. The molecule has 0 saturated heterocycles. The van der Waals surface area contributed by atoms with Gasteiger partial charge in [0.05, 0.1) is 12.2 Å². The molecule has 0 radical (unpaired) electrons. The molecule has 0 amide bonds. The first kappa shape index (κ1) is 21.6. The van der Waals surface area contributed by atoms with Crippen LogP contribution in [0.15, 0.2) is 0 Å². The van der Waals surface area contributed by atoms with Gasteiger partial charge in [0.25, 0.3) is 0 Å². The highest BCUT2D eigenvalue weighted by atomic mass is 16.4. The van der Waals surface area contributed by atoms with Gasteiger partial charge in [0, 0.05) is 6.42 Å². The molecule has 4 rings (SSSR count). The Balaban J connectivity index is 1.50. The zero-order valence-electron chi connectivity index (χ0n) is 18.6. The van der Waals surface area contributed by atoms with Crippen molar-refractivity contribution in [2.45, 2.75) is 104 Å². The van der Waals surface area contributed by atoms with E-state index in [9.17, 15) is 15.0 Å². The van der Waals surface area contributed by atoms with Gasteiger partial charge in [0.15, 0.2) is 0 Å². The van der Waals surface area contributed by atoms with Gasteiger partial charge in [-0.2, -0.15) is 0 Å². The molecule has 4 fully saturated rings. The molecule has 0 aliphatic heterocycles. The molecular weight excluding hydrogens is 364 g/mol. The van der Waals surface area contributed by atoms with E-state index in [0.29, 0.717) is 41.4 Å². The molecule has 0 unspecified atom stereocenters. The van der Waals surface area contributed by atoms with Gasteiger partial charge in [-0.1, -0.05) is 20.8 Å². The largest absolute Gasteiger partial charge is 0.481 e. The highest BCUT2D eigenvalue weighted by molar-refractivity contribution is 5.66. The van der Waals surface area contributed by atoms with E-state index in [2.05, 4.69) is 20.8 Å². The minimum absolute atomic E-state index is 0.189. The van der Waals surface area contributed by atoms with Gasteiger partial charge in [-0.05, 0) is 111 Å². The summed E-state index contributed by atoms with van der Waals surface area (Å²) in [4.78, 5) is 10.9. The average molecular weight is 407 g/mol.